The van der Waals surface area contributed by atoms with E-state index in [1.165, 1.54) is 6.07 Å². The van der Waals surface area contributed by atoms with E-state index in [1.54, 1.807) is 18.2 Å². The number of rotatable bonds is 2. The van der Waals surface area contributed by atoms with Gasteiger partial charge in [0.2, 0.25) is 0 Å². The van der Waals surface area contributed by atoms with Crippen molar-refractivity contribution in [2.75, 3.05) is 0 Å². The van der Waals surface area contributed by atoms with E-state index in [-0.39, 0.29) is 5.56 Å². The van der Waals surface area contributed by atoms with Crippen molar-refractivity contribution in [1.82, 2.24) is 0 Å². The average Bonchev–Trinajstić information content (AvgIpc) is 2.83. The number of furan rings is 1. The summed E-state index contributed by atoms with van der Waals surface area (Å²) in [5.74, 6) is -0.125. The van der Waals surface area contributed by atoms with Gasteiger partial charge in [-0.1, -0.05) is 27.6 Å². The van der Waals surface area contributed by atoms with Crippen molar-refractivity contribution < 1.29 is 13.9 Å². The van der Waals surface area contributed by atoms with E-state index in [1.807, 2.05) is 25.1 Å². The molecule has 2 aromatic carbocycles. The van der Waals surface area contributed by atoms with Gasteiger partial charge in [-0.05, 0) is 43.3 Å². The summed E-state index contributed by atoms with van der Waals surface area (Å²) < 4.78 is 20.1. The summed E-state index contributed by atoms with van der Waals surface area (Å²) in [7, 11) is 0. The van der Waals surface area contributed by atoms with Crippen LogP contribution in [0.2, 0.25) is 0 Å². The molecule has 0 aliphatic carbocycles. The van der Waals surface area contributed by atoms with Crippen molar-refractivity contribution in [2.24, 2.45) is 0 Å². The molecule has 3 aromatic rings. The maximum Gasteiger partial charge on any atom is 0.140 e. The van der Waals surface area contributed by atoms with Crippen molar-refractivity contribution in [3.63, 3.8) is 0 Å². The van der Waals surface area contributed by atoms with Gasteiger partial charge in [-0.25, -0.2) is 4.39 Å². The lowest BCUT2D eigenvalue weighted by molar-refractivity contribution is 0.187. The number of hydrogen-bond acceptors (Lipinski definition) is 2. The molecule has 102 valence electrons. The molecular weight excluding hydrogens is 323 g/mol. The average molecular weight is 335 g/mol. The molecule has 0 saturated heterocycles. The van der Waals surface area contributed by atoms with Gasteiger partial charge in [-0.2, -0.15) is 0 Å². The molecule has 1 unspecified atom stereocenters. The Labute approximate surface area is 124 Å². The van der Waals surface area contributed by atoms with Crippen LogP contribution in [0.1, 0.15) is 23.0 Å². The maximum absolute atomic E-state index is 13.8. The number of aliphatic hydroxyl groups is 1. The van der Waals surface area contributed by atoms with Crippen molar-refractivity contribution in [2.45, 2.75) is 13.0 Å². The lowest BCUT2D eigenvalue weighted by Crippen LogP contribution is -2.01. The largest absolute Gasteiger partial charge is 0.458 e. The second kappa shape index (κ2) is 5.04. The van der Waals surface area contributed by atoms with E-state index in [9.17, 15) is 9.50 Å². The number of hydrogen-bond donors (Lipinski definition) is 1. The first-order valence-electron chi connectivity index (χ1n) is 6.18. The van der Waals surface area contributed by atoms with Crippen LogP contribution in [0.4, 0.5) is 4.39 Å². The van der Waals surface area contributed by atoms with Gasteiger partial charge < -0.3 is 9.52 Å². The third-order valence-electron chi connectivity index (χ3n) is 3.21. The molecule has 2 nitrogen and oxygen atoms in total. The molecule has 0 aliphatic rings. The second-order valence-corrected chi connectivity index (χ2v) is 5.67. The van der Waals surface area contributed by atoms with E-state index < -0.39 is 11.9 Å². The topological polar surface area (TPSA) is 33.4 Å². The molecule has 20 heavy (non-hydrogen) atoms. The summed E-state index contributed by atoms with van der Waals surface area (Å²) >= 11 is 3.27. The van der Waals surface area contributed by atoms with Crippen LogP contribution in [-0.4, -0.2) is 5.11 Å². The predicted molar refractivity (Wildman–Crippen MR) is 79.1 cm³/mol. The molecule has 3 rings (SSSR count). The summed E-state index contributed by atoms with van der Waals surface area (Å²) in [6.07, 6.45) is -1.12. The summed E-state index contributed by atoms with van der Waals surface area (Å²) in [6, 6.07) is 11.9. The minimum atomic E-state index is -1.12. The molecule has 1 heterocycles. The first-order valence-corrected chi connectivity index (χ1v) is 6.97. The minimum absolute atomic E-state index is 0.190. The molecule has 4 heteroatoms. The van der Waals surface area contributed by atoms with Crippen molar-refractivity contribution in [3.05, 3.63) is 69.6 Å². The van der Waals surface area contributed by atoms with Gasteiger partial charge in [0.05, 0.1) is 0 Å². The van der Waals surface area contributed by atoms with Gasteiger partial charge in [-0.3, -0.25) is 0 Å². The zero-order valence-electron chi connectivity index (χ0n) is 10.7. The highest BCUT2D eigenvalue weighted by Gasteiger charge is 2.19. The van der Waals surface area contributed by atoms with Crippen LogP contribution >= 0.6 is 15.9 Å². The second-order valence-electron chi connectivity index (χ2n) is 4.76. The molecular formula is C16H12BrFO2. The molecule has 1 aromatic heterocycles. The maximum atomic E-state index is 13.8. The van der Waals surface area contributed by atoms with Crippen LogP contribution in [0.5, 0.6) is 0 Å². The molecule has 0 amide bonds. The van der Waals surface area contributed by atoms with Crippen LogP contribution in [0.25, 0.3) is 11.0 Å². The predicted octanol–water partition coefficient (Wildman–Crippen LogP) is 4.72. The standard InChI is InChI=1S/C16H12BrFO2/c1-9-2-5-14-10(6-9)7-15(20-14)16(19)12-8-11(17)3-4-13(12)18/h2-8,16,19H,1H3. The van der Waals surface area contributed by atoms with Gasteiger partial charge in [0.25, 0.3) is 0 Å². The number of fused-ring (bicyclic) bond motifs is 1. The highest BCUT2D eigenvalue weighted by atomic mass is 79.9. The Morgan fingerprint density at radius 2 is 1.95 bits per heavy atom. The fraction of sp³-hybridized carbons (Fsp3) is 0.125. The van der Waals surface area contributed by atoms with Gasteiger partial charge in [0.1, 0.15) is 23.3 Å². The van der Waals surface area contributed by atoms with Crippen molar-refractivity contribution in [3.8, 4) is 0 Å². The van der Waals surface area contributed by atoms with Crippen molar-refractivity contribution >= 4 is 26.9 Å². The van der Waals surface area contributed by atoms with Crippen LogP contribution in [-0.2, 0) is 0 Å². The normalized spacial score (nSPS) is 12.8. The van der Waals surface area contributed by atoms with Crippen LogP contribution in [0.3, 0.4) is 0 Å². The Kier molecular flexibility index (Phi) is 3.36. The van der Waals surface area contributed by atoms with Gasteiger partial charge in [0, 0.05) is 15.4 Å². The number of aliphatic hydroxyl groups excluding tert-OH is 1. The Morgan fingerprint density at radius 1 is 1.15 bits per heavy atom. The molecule has 1 atom stereocenters. The number of aryl methyl sites for hydroxylation is 1. The van der Waals surface area contributed by atoms with E-state index in [0.29, 0.717) is 15.8 Å². The molecule has 1 N–H and O–H groups in total. The number of halogens is 2. The van der Waals surface area contributed by atoms with Crippen LogP contribution in [0.15, 0.2) is 51.4 Å². The molecule has 0 saturated carbocycles. The minimum Gasteiger partial charge on any atom is -0.458 e. The molecule has 0 bridgehead atoms. The summed E-state index contributed by atoms with van der Waals surface area (Å²) in [5.41, 5.74) is 1.98. The first-order chi connectivity index (χ1) is 9.54. The van der Waals surface area contributed by atoms with Gasteiger partial charge in [0.15, 0.2) is 0 Å². The van der Waals surface area contributed by atoms with Crippen LogP contribution < -0.4 is 0 Å². The fourth-order valence-corrected chi connectivity index (χ4v) is 2.57. The summed E-state index contributed by atoms with van der Waals surface area (Å²) in [6.45, 7) is 1.98. The smallest absolute Gasteiger partial charge is 0.140 e. The number of benzene rings is 2. The van der Waals surface area contributed by atoms with Gasteiger partial charge >= 0.3 is 0 Å². The lowest BCUT2D eigenvalue weighted by atomic mass is 10.1. The van der Waals surface area contributed by atoms with Gasteiger partial charge in [-0.15, -0.1) is 0 Å². The van der Waals surface area contributed by atoms with Crippen molar-refractivity contribution in [1.29, 1.82) is 0 Å². The molecule has 0 spiro atoms. The monoisotopic (exact) mass is 334 g/mol. The zero-order valence-corrected chi connectivity index (χ0v) is 12.3. The summed E-state index contributed by atoms with van der Waals surface area (Å²) in [4.78, 5) is 0. The SMILES string of the molecule is Cc1ccc2oc(C(O)c3cc(Br)ccc3F)cc2c1. The van der Waals surface area contributed by atoms with E-state index in [4.69, 9.17) is 4.42 Å². The lowest BCUT2D eigenvalue weighted by Gasteiger charge is -2.09. The summed E-state index contributed by atoms with van der Waals surface area (Å²) in [5, 5.41) is 11.2. The highest BCUT2D eigenvalue weighted by Crippen LogP contribution is 2.31. The van der Waals surface area contributed by atoms with E-state index >= 15 is 0 Å². The van der Waals surface area contributed by atoms with E-state index in [0.717, 1.165) is 10.9 Å². The third kappa shape index (κ3) is 2.37. The molecule has 0 radical (unpaired) electrons. The fourth-order valence-electron chi connectivity index (χ4n) is 2.20. The van der Waals surface area contributed by atoms with Crippen LogP contribution in [0, 0.1) is 12.7 Å². The third-order valence-corrected chi connectivity index (χ3v) is 3.71. The quantitative estimate of drug-likeness (QED) is 0.735. The molecule has 0 fully saturated rings. The Bertz CT molecular complexity index is 779. The highest BCUT2D eigenvalue weighted by molar-refractivity contribution is 9.10. The Morgan fingerprint density at radius 3 is 2.75 bits per heavy atom. The molecule has 0 aliphatic heterocycles. The zero-order chi connectivity index (χ0) is 14.3. The first kappa shape index (κ1) is 13.3. The Hall–Kier alpha value is -1.65. The Balaban J connectivity index is 2.07. The van der Waals surface area contributed by atoms with E-state index in [2.05, 4.69) is 15.9 Å².